The molecule has 1 rings (SSSR count). The summed E-state index contributed by atoms with van der Waals surface area (Å²) >= 11 is 1.91. The third-order valence-corrected chi connectivity index (χ3v) is 4.51. The number of hydrogen-bond donors (Lipinski definition) is 1. The fourth-order valence-corrected chi connectivity index (χ4v) is 3.44. The highest BCUT2D eigenvalue weighted by molar-refractivity contribution is 7.12. The zero-order valence-corrected chi connectivity index (χ0v) is 13.3. The molecule has 0 saturated carbocycles. The van der Waals surface area contributed by atoms with Crippen molar-refractivity contribution in [3.05, 3.63) is 21.4 Å². The molecular weight excluding hydrogens is 238 g/mol. The molecule has 1 heterocycles. The van der Waals surface area contributed by atoms with Gasteiger partial charge in [0.2, 0.25) is 0 Å². The zero-order valence-electron chi connectivity index (χ0n) is 12.5. The minimum absolute atomic E-state index is 0.505. The Hall–Kier alpha value is -0.340. The van der Waals surface area contributed by atoms with E-state index in [4.69, 9.17) is 0 Å². The average Bonchev–Trinajstić information content (AvgIpc) is 2.67. The monoisotopic (exact) mass is 267 g/mol. The topological polar surface area (TPSA) is 12.0 Å². The van der Waals surface area contributed by atoms with Crippen molar-refractivity contribution in [2.45, 2.75) is 72.3 Å². The number of nitrogens with one attached hydrogen (secondary N) is 1. The Morgan fingerprint density at radius 3 is 2.39 bits per heavy atom. The minimum atomic E-state index is 0.505. The van der Waals surface area contributed by atoms with Crippen LogP contribution in [0.2, 0.25) is 0 Å². The maximum atomic E-state index is 3.65. The Kier molecular flexibility index (Phi) is 7.60. The average molecular weight is 267 g/mol. The second-order valence-electron chi connectivity index (χ2n) is 5.31. The predicted molar refractivity (Wildman–Crippen MR) is 83.6 cm³/mol. The molecule has 0 spiro atoms. The van der Waals surface area contributed by atoms with Crippen molar-refractivity contribution in [2.24, 2.45) is 0 Å². The van der Waals surface area contributed by atoms with Crippen LogP contribution in [0.4, 0.5) is 0 Å². The largest absolute Gasteiger partial charge is 0.310 e. The van der Waals surface area contributed by atoms with Crippen LogP contribution in [0, 0.1) is 13.8 Å². The first-order valence-electron chi connectivity index (χ1n) is 7.45. The highest BCUT2D eigenvalue weighted by Gasteiger charge is 2.09. The minimum Gasteiger partial charge on any atom is -0.310 e. The van der Waals surface area contributed by atoms with Gasteiger partial charge in [-0.2, -0.15) is 0 Å². The fraction of sp³-hybridized carbons (Fsp3) is 0.750. The molecule has 0 aliphatic rings. The van der Waals surface area contributed by atoms with E-state index in [0.717, 1.165) is 6.54 Å². The van der Waals surface area contributed by atoms with E-state index >= 15 is 0 Å². The normalized spacial score (nSPS) is 12.9. The molecule has 0 amide bonds. The first-order valence-corrected chi connectivity index (χ1v) is 8.27. The lowest BCUT2D eigenvalue weighted by atomic mass is 10.1. The molecule has 1 N–H and O–H groups in total. The SMILES string of the molecule is CCCCCCCCNC(C)c1cc(C)sc1C. The third kappa shape index (κ3) is 5.53. The van der Waals surface area contributed by atoms with Crippen molar-refractivity contribution in [1.29, 1.82) is 0 Å². The van der Waals surface area contributed by atoms with E-state index in [1.165, 1.54) is 53.8 Å². The summed E-state index contributed by atoms with van der Waals surface area (Å²) in [6.07, 6.45) is 8.25. The van der Waals surface area contributed by atoms with Crippen LogP contribution in [0.3, 0.4) is 0 Å². The van der Waals surface area contributed by atoms with Gasteiger partial charge < -0.3 is 5.32 Å². The molecule has 0 aromatic carbocycles. The smallest absolute Gasteiger partial charge is 0.0302 e. The van der Waals surface area contributed by atoms with E-state index in [0.29, 0.717) is 6.04 Å². The Morgan fingerprint density at radius 2 is 1.78 bits per heavy atom. The van der Waals surface area contributed by atoms with Crippen molar-refractivity contribution in [3.63, 3.8) is 0 Å². The number of rotatable bonds is 9. The summed E-state index contributed by atoms with van der Waals surface area (Å²) in [5.41, 5.74) is 1.49. The second kappa shape index (κ2) is 8.71. The summed E-state index contributed by atoms with van der Waals surface area (Å²) in [6.45, 7) is 10.1. The fourth-order valence-electron chi connectivity index (χ4n) is 2.41. The lowest BCUT2D eigenvalue weighted by Gasteiger charge is -2.13. The number of thiophene rings is 1. The van der Waals surface area contributed by atoms with Gasteiger partial charge in [-0.3, -0.25) is 0 Å². The highest BCUT2D eigenvalue weighted by atomic mass is 32.1. The summed E-state index contributed by atoms with van der Waals surface area (Å²) in [5.74, 6) is 0. The standard InChI is InChI=1S/C16H29NS/c1-5-6-7-8-9-10-11-17-14(3)16-12-13(2)18-15(16)4/h12,14,17H,5-11H2,1-4H3. The summed E-state index contributed by atoms with van der Waals surface area (Å²) in [4.78, 5) is 2.89. The summed E-state index contributed by atoms with van der Waals surface area (Å²) < 4.78 is 0. The van der Waals surface area contributed by atoms with Crippen molar-refractivity contribution < 1.29 is 0 Å². The molecule has 0 radical (unpaired) electrons. The Bertz CT molecular complexity index is 330. The number of hydrogen-bond acceptors (Lipinski definition) is 2. The molecular formula is C16H29NS. The first kappa shape index (κ1) is 15.7. The van der Waals surface area contributed by atoms with Gasteiger partial charge in [0.05, 0.1) is 0 Å². The van der Waals surface area contributed by atoms with E-state index in [9.17, 15) is 0 Å². The molecule has 0 aliphatic carbocycles. The van der Waals surface area contributed by atoms with E-state index < -0.39 is 0 Å². The van der Waals surface area contributed by atoms with Crippen molar-refractivity contribution in [1.82, 2.24) is 5.32 Å². The van der Waals surface area contributed by atoms with E-state index in [2.05, 4.69) is 39.1 Å². The molecule has 0 bridgehead atoms. The number of unbranched alkanes of at least 4 members (excludes halogenated alkanes) is 5. The summed E-state index contributed by atoms with van der Waals surface area (Å²) in [7, 11) is 0. The molecule has 1 aromatic rings. The van der Waals surface area contributed by atoms with Crippen LogP contribution in [0.15, 0.2) is 6.07 Å². The highest BCUT2D eigenvalue weighted by Crippen LogP contribution is 2.26. The second-order valence-corrected chi connectivity index (χ2v) is 6.77. The van der Waals surface area contributed by atoms with Crippen molar-refractivity contribution >= 4 is 11.3 Å². The Morgan fingerprint density at radius 1 is 1.11 bits per heavy atom. The molecule has 1 nitrogen and oxygen atoms in total. The molecule has 0 saturated heterocycles. The van der Waals surface area contributed by atoms with Gasteiger partial charge >= 0.3 is 0 Å². The molecule has 2 heteroatoms. The van der Waals surface area contributed by atoms with Crippen LogP contribution in [-0.4, -0.2) is 6.54 Å². The van der Waals surface area contributed by atoms with Crippen LogP contribution in [-0.2, 0) is 0 Å². The van der Waals surface area contributed by atoms with Gasteiger partial charge in [-0.1, -0.05) is 39.0 Å². The van der Waals surface area contributed by atoms with Gasteiger partial charge in [0.25, 0.3) is 0 Å². The molecule has 0 fully saturated rings. The van der Waals surface area contributed by atoms with Crippen LogP contribution < -0.4 is 5.32 Å². The van der Waals surface area contributed by atoms with E-state index in [1.54, 1.807) is 0 Å². The quantitative estimate of drug-likeness (QED) is 0.593. The van der Waals surface area contributed by atoms with Gasteiger partial charge in [-0.25, -0.2) is 0 Å². The molecule has 0 aliphatic heterocycles. The number of aryl methyl sites for hydroxylation is 2. The van der Waals surface area contributed by atoms with Crippen LogP contribution in [0.5, 0.6) is 0 Å². The van der Waals surface area contributed by atoms with Gasteiger partial charge in [0, 0.05) is 15.8 Å². The van der Waals surface area contributed by atoms with Crippen molar-refractivity contribution in [3.8, 4) is 0 Å². The molecule has 1 atom stereocenters. The lowest BCUT2D eigenvalue weighted by molar-refractivity contribution is 0.527. The summed E-state index contributed by atoms with van der Waals surface area (Å²) in [5, 5.41) is 3.65. The maximum Gasteiger partial charge on any atom is 0.0302 e. The predicted octanol–water partition coefficient (Wildman–Crippen LogP) is 5.38. The molecule has 1 aromatic heterocycles. The lowest BCUT2D eigenvalue weighted by Crippen LogP contribution is -2.19. The van der Waals surface area contributed by atoms with E-state index in [1.807, 2.05) is 11.3 Å². The molecule has 18 heavy (non-hydrogen) atoms. The van der Waals surface area contributed by atoms with Crippen LogP contribution in [0.25, 0.3) is 0 Å². The van der Waals surface area contributed by atoms with Gasteiger partial charge in [0.1, 0.15) is 0 Å². The van der Waals surface area contributed by atoms with Crippen molar-refractivity contribution in [2.75, 3.05) is 6.54 Å². The molecule has 1 unspecified atom stereocenters. The third-order valence-electron chi connectivity index (χ3n) is 3.53. The van der Waals surface area contributed by atoms with Gasteiger partial charge in [0.15, 0.2) is 0 Å². The van der Waals surface area contributed by atoms with Gasteiger partial charge in [-0.05, 0) is 45.4 Å². The maximum absolute atomic E-state index is 3.65. The molecule has 104 valence electrons. The zero-order chi connectivity index (χ0) is 13.4. The Labute approximate surface area is 117 Å². The summed E-state index contributed by atoms with van der Waals surface area (Å²) in [6, 6.07) is 2.84. The van der Waals surface area contributed by atoms with Crippen LogP contribution >= 0.6 is 11.3 Å². The van der Waals surface area contributed by atoms with E-state index in [-0.39, 0.29) is 0 Å². The first-order chi connectivity index (χ1) is 8.65. The van der Waals surface area contributed by atoms with Crippen LogP contribution in [0.1, 0.15) is 73.7 Å². The Balaban J connectivity index is 2.14. The van der Waals surface area contributed by atoms with Gasteiger partial charge in [-0.15, -0.1) is 11.3 Å².